The topological polar surface area (TPSA) is 92.4 Å². The predicted octanol–water partition coefficient (Wildman–Crippen LogP) is 1.05. The lowest BCUT2D eigenvalue weighted by molar-refractivity contribution is 0.254. The maximum Gasteiger partial charge on any atom is 0.212 e. The Balaban J connectivity index is 2.41. The van der Waals surface area contributed by atoms with Crippen molar-refractivity contribution in [2.45, 2.75) is 24.3 Å². The number of benzene rings is 1. The molecule has 0 aromatic heterocycles. The first-order valence-corrected chi connectivity index (χ1v) is 8.70. The van der Waals surface area contributed by atoms with Gasteiger partial charge < -0.3 is 10.8 Å². The van der Waals surface area contributed by atoms with Crippen molar-refractivity contribution >= 4 is 27.5 Å². The number of aliphatic hydroxyl groups excluding tert-OH is 1. The molecule has 1 rings (SSSR count). The predicted molar refractivity (Wildman–Crippen MR) is 79.7 cm³/mol. The maximum absolute atomic E-state index is 11.7. The van der Waals surface area contributed by atoms with Crippen molar-refractivity contribution in [2.24, 2.45) is 0 Å². The highest BCUT2D eigenvalue weighted by atomic mass is 32.2. The molecule has 0 aliphatic rings. The molecular weight excluding hydrogens is 284 g/mol. The SMILES string of the molecule is CC[C@@H](CO)NS(=O)(=O)CCSc1ccc(N)cc1. The summed E-state index contributed by atoms with van der Waals surface area (Å²) in [5, 5.41) is 8.97. The molecule has 1 atom stereocenters. The molecule has 0 unspecified atom stereocenters. The Hall–Kier alpha value is -0.760. The Labute approximate surface area is 118 Å². The van der Waals surface area contributed by atoms with Crippen LogP contribution in [0.25, 0.3) is 0 Å². The van der Waals surface area contributed by atoms with E-state index in [1.807, 2.05) is 19.1 Å². The molecule has 5 nitrogen and oxygen atoms in total. The van der Waals surface area contributed by atoms with Gasteiger partial charge in [0, 0.05) is 22.4 Å². The largest absolute Gasteiger partial charge is 0.399 e. The summed E-state index contributed by atoms with van der Waals surface area (Å²) in [7, 11) is -3.34. The molecule has 0 saturated carbocycles. The van der Waals surface area contributed by atoms with Crippen molar-refractivity contribution in [3.8, 4) is 0 Å². The molecule has 0 saturated heterocycles. The van der Waals surface area contributed by atoms with Crippen LogP contribution in [-0.4, -0.2) is 37.7 Å². The average Bonchev–Trinajstić information content (AvgIpc) is 2.38. The number of hydrogen-bond acceptors (Lipinski definition) is 5. The van der Waals surface area contributed by atoms with Crippen molar-refractivity contribution in [1.29, 1.82) is 0 Å². The second kappa shape index (κ2) is 7.74. The molecule has 0 aliphatic heterocycles. The van der Waals surface area contributed by atoms with Crippen LogP contribution in [0.5, 0.6) is 0 Å². The van der Waals surface area contributed by atoms with Gasteiger partial charge in [0.1, 0.15) is 0 Å². The standard InChI is InChI=1S/C12H20N2O3S2/c1-2-11(9-15)14-19(16,17)8-7-18-12-5-3-10(13)4-6-12/h3-6,11,14-15H,2,7-9,13H2,1H3/t11-/m0/s1. The van der Waals surface area contributed by atoms with E-state index in [-0.39, 0.29) is 12.4 Å². The molecule has 0 amide bonds. The van der Waals surface area contributed by atoms with E-state index in [0.29, 0.717) is 17.9 Å². The van der Waals surface area contributed by atoms with Crippen LogP contribution < -0.4 is 10.5 Å². The number of hydrogen-bond donors (Lipinski definition) is 3. The second-order valence-electron chi connectivity index (χ2n) is 4.14. The summed E-state index contributed by atoms with van der Waals surface area (Å²) in [6, 6.07) is 6.90. The van der Waals surface area contributed by atoms with Crippen LogP contribution in [0.4, 0.5) is 5.69 Å². The van der Waals surface area contributed by atoms with E-state index in [0.717, 1.165) is 4.90 Å². The fourth-order valence-electron chi connectivity index (χ4n) is 1.40. The van der Waals surface area contributed by atoms with Gasteiger partial charge in [0.05, 0.1) is 12.4 Å². The molecule has 0 fully saturated rings. The van der Waals surface area contributed by atoms with E-state index < -0.39 is 16.1 Å². The fourth-order valence-corrected chi connectivity index (χ4v) is 4.04. The van der Waals surface area contributed by atoms with Crippen LogP contribution in [0, 0.1) is 0 Å². The first-order valence-electron chi connectivity index (χ1n) is 6.06. The van der Waals surface area contributed by atoms with Gasteiger partial charge in [-0.15, -0.1) is 11.8 Å². The lowest BCUT2D eigenvalue weighted by atomic mass is 10.3. The molecule has 19 heavy (non-hydrogen) atoms. The van der Waals surface area contributed by atoms with Crippen LogP contribution >= 0.6 is 11.8 Å². The van der Waals surface area contributed by atoms with Gasteiger partial charge in [-0.2, -0.15) is 0 Å². The Bertz CT molecular complexity index is 470. The Kier molecular flexibility index (Phi) is 6.64. The molecule has 0 aliphatic carbocycles. The molecule has 0 heterocycles. The zero-order valence-electron chi connectivity index (χ0n) is 10.9. The summed E-state index contributed by atoms with van der Waals surface area (Å²) >= 11 is 1.46. The number of anilines is 1. The number of sulfonamides is 1. The third kappa shape index (κ3) is 6.29. The smallest absolute Gasteiger partial charge is 0.212 e. The number of rotatable bonds is 8. The highest BCUT2D eigenvalue weighted by Gasteiger charge is 2.15. The maximum atomic E-state index is 11.7. The summed E-state index contributed by atoms with van der Waals surface area (Å²) in [5.74, 6) is 0.486. The van der Waals surface area contributed by atoms with Crippen LogP contribution in [0.2, 0.25) is 0 Å². The van der Waals surface area contributed by atoms with Gasteiger partial charge in [0.2, 0.25) is 10.0 Å². The lowest BCUT2D eigenvalue weighted by Gasteiger charge is -2.14. The Morgan fingerprint density at radius 2 is 2.00 bits per heavy atom. The molecule has 4 N–H and O–H groups in total. The number of aliphatic hydroxyl groups is 1. The van der Waals surface area contributed by atoms with E-state index >= 15 is 0 Å². The van der Waals surface area contributed by atoms with Crippen molar-refractivity contribution in [2.75, 3.05) is 23.8 Å². The summed E-state index contributed by atoms with van der Waals surface area (Å²) in [5.41, 5.74) is 6.26. The van der Waals surface area contributed by atoms with Gasteiger partial charge in [0.15, 0.2) is 0 Å². The number of nitrogens with two attached hydrogens (primary N) is 1. The van der Waals surface area contributed by atoms with E-state index in [4.69, 9.17) is 10.8 Å². The third-order valence-corrected chi connectivity index (χ3v) is 5.27. The van der Waals surface area contributed by atoms with Crippen LogP contribution in [-0.2, 0) is 10.0 Å². The average molecular weight is 304 g/mol. The molecule has 1 aromatic rings. The molecule has 0 bridgehead atoms. The molecule has 108 valence electrons. The first kappa shape index (κ1) is 16.3. The molecule has 0 radical (unpaired) electrons. The minimum Gasteiger partial charge on any atom is -0.399 e. The van der Waals surface area contributed by atoms with Crippen LogP contribution in [0.1, 0.15) is 13.3 Å². The summed E-state index contributed by atoms with van der Waals surface area (Å²) in [4.78, 5) is 0.985. The number of nitrogens with one attached hydrogen (secondary N) is 1. The van der Waals surface area contributed by atoms with Crippen molar-refractivity contribution in [3.05, 3.63) is 24.3 Å². The molecular formula is C12H20N2O3S2. The number of thioether (sulfide) groups is 1. The van der Waals surface area contributed by atoms with Crippen molar-refractivity contribution in [3.63, 3.8) is 0 Å². The van der Waals surface area contributed by atoms with E-state index in [1.165, 1.54) is 11.8 Å². The molecule has 0 spiro atoms. The zero-order chi connectivity index (χ0) is 14.3. The zero-order valence-corrected chi connectivity index (χ0v) is 12.5. The molecule has 7 heteroatoms. The summed E-state index contributed by atoms with van der Waals surface area (Å²) in [6.07, 6.45) is 0.570. The van der Waals surface area contributed by atoms with E-state index in [2.05, 4.69) is 4.72 Å². The Morgan fingerprint density at radius 3 is 2.53 bits per heavy atom. The highest BCUT2D eigenvalue weighted by molar-refractivity contribution is 8.00. The van der Waals surface area contributed by atoms with Crippen molar-refractivity contribution in [1.82, 2.24) is 4.72 Å². The number of nitrogen functional groups attached to an aromatic ring is 1. The quantitative estimate of drug-likeness (QED) is 0.493. The first-order chi connectivity index (χ1) is 8.96. The monoisotopic (exact) mass is 304 g/mol. The van der Waals surface area contributed by atoms with Gasteiger partial charge in [-0.25, -0.2) is 13.1 Å². The fraction of sp³-hybridized carbons (Fsp3) is 0.500. The van der Waals surface area contributed by atoms with Gasteiger partial charge in [0.25, 0.3) is 0 Å². The third-order valence-electron chi connectivity index (χ3n) is 2.56. The van der Waals surface area contributed by atoms with Gasteiger partial charge in [-0.1, -0.05) is 6.92 Å². The van der Waals surface area contributed by atoms with Gasteiger partial charge in [-0.3, -0.25) is 0 Å². The van der Waals surface area contributed by atoms with Crippen molar-refractivity contribution < 1.29 is 13.5 Å². The second-order valence-corrected chi connectivity index (χ2v) is 7.18. The Morgan fingerprint density at radius 1 is 1.37 bits per heavy atom. The van der Waals surface area contributed by atoms with E-state index in [1.54, 1.807) is 12.1 Å². The van der Waals surface area contributed by atoms with Gasteiger partial charge >= 0.3 is 0 Å². The van der Waals surface area contributed by atoms with E-state index in [9.17, 15) is 8.42 Å². The highest BCUT2D eigenvalue weighted by Crippen LogP contribution is 2.19. The minimum atomic E-state index is -3.34. The summed E-state index contributed by atoms with van der Waals surface area (Å²) in [6.45, 7) is 1.65. The lowest BCUT2D eigenvalue weighted by Crippen LogP contribution is -2.38. The van der Waals surface area contributed by atoms with Crippen LogP contribution in [0.3, 0.4) is 0 Å². The van der Waals surface area contributed by atoms with Gasteiger partial charge in [-0.05, 0) is 30.7 Å². The normalized spacial score (nSPS) is 13.4. The minimum absolute atomic E-state index is 0.0263. The molecule has 1 aromatic carbocycles. The summed E-state index contributed by atoms with van der Waals surface area (Å²) < 4.78 is 26.0. The van der Waals surface area contributed by atoms with Crippen LogP contribution in [0.15, 0.2) is 29.2 Å².